The van der Waals surface area contributed by atoms with Crippen molar-refractivity contribution in [2.75, 3.05) is 23.8 Å². The smallest absolute Gasteiger partial charge is 0.239 e. The molecule has 0 fully saturated rings. The van der Waals surface area contributed by atoms with E-state index < -0.39 is 0 Å². The van der Waals surface area contributed by atoms with Gasteiger partial charge in [-0.1, -0.05) is 36.4 Å². The van der Waals surface area contributed by atoms with Crippen LogP contribution in [0.3, 0.4) is 0 Å². The molecule has 0 bridgehead atoms. The van der Waals surface area contributed by atoms with Crippen molar-refractivity contribution in [2.45, 2.75) is 18.6 Å². The molecule has 2 aromatic rings. The summed E-state index contributed by atoms with van der Waals surface area (Å²) in [6, 6.07) is 17.9. The number of fused-ring (bicyclic) bond motifs is 1. The highest BCUT2D eigenvalue weighted by molar-refractivity contribution is 8.00. The van der Waals surface area contributed by atoms with E-state index in [1.54, 1.807) is 11.8 Å². The molecule has 1 atom stereocenters. The van der Waals surface area contributed by atoms with Crippen LogP contribution < -0.4 is 9.64 Å². The third-order valence-corrected chi connectivity index (χ3v) is 5.07. The van der Waals surface area contributed by atoms with Crippen LogP contribution in [0.1, 0.15) is 12.5 Å². The molecule has 4 heteroatoms. The van der Waals surface area contributed by atoms with E-state index >= 15 is 0 Å². The molecule has 1 heterocycles. The molecule has 1 amide bonds. The zero-order valence-electron chi connectivity index (χ0n) is 13.3. The topological polar surface area (TPSA) is 29.5 Å². The van der Waals surface area contributed by atoms with Gasteiger partial charge >= 0.3 is 0 Å². The van der Waals surface area contributed by atoms with E-state index in [9.17, 15) is 4.79 Å². The number of amides is 1. The first kappa shape index (κ1) is 15.9. The normalized spacial score (nSPS) is 14.4. The molecule has 1 unspecified atom stereocenters. The zero-order chi connectivity index (χ0) is 16.1. The van der Waals surface area contributed by atoms with E-state index in [0.29, 0.717) is 6.61 Å². The fourth-order valence-electron chi connectivity index (χ4n) is 2.76. The monoisotopic (exact) mass is 327 g/mol. The molecule has 1 aliphatic heterocycles. The fourth-order valence-corrected chi connectivity index (χ4v) is 3.56. The lowest BCUT2D eigenvalue weighted by Crippen LogP contribution is -2.35. The molecule has 0 radical (unpaired) electrons. The van der Waals surface area contributed by atoms with Gasteiger partial charge in [-0.05, 0) is 37.1 Å². The summed E-state index contributed by atoms with van der Waals surface area (Å²) in [7, 11) is 0. The molecule has 1 aliphatic rings. The Balaban J connectivity index is 1.47. The van der Waals surface area contributed by atoms with Crippen LogP contribution in [0.2, 0.25) is 0 Å². The Labute approximate surface area is 141 Å². The van der Waals surface area contributed by atoms with Gasteiger partial charge in [-0.15, -0.1) is 11.8 Å². The summed E-state index contributed by atoms with van der Waals surface area (Å²) in [5, 5.41) is -0.0551. The van der Waals surface area contributed by atoms with Gasteiger partial charge in [0, 0.05) is 18.0 Å². The summed E-state index contributed by atoms with van der Waals surface area (Å²) in [4.78, 5) is 14.6. The first-order valence-corrected chi connectivity index (χ1v) is 8.99. The van der Waals surface area contributed by atoms with Crippen LogP contribution in [-0.2, 0) is 11.2 Å². The van der Waals surface area contributed by atoms with Crippen LogP contribution in [0.25, 0.3) is 0 Å². The molecule has 2 aromatic carbocycles. The van der Waals surface area contributed by atoms with Gasteiger partial charge in [0.2, 0.25) is 5.91 Å². The zero-order valence-corrected chi connectivity index (χ0v) is 14.1. The van der Waals surface area contributed by atoms with Crippen molar-refractivity contribution in [3.05, 3.63) is 60.2 Å². The quantitative estimate of drug-likeness (QED) is 0.756. The van der Waals surface area contributed by atoms with Gasteiger partial charge in [-0.25, -0.2) is 0 Å². The maximum Gasteiger partial charge on any atom is 0.239 e. The number of carbonyl (C=O) groups excluding carboxylic acids is 1. The summed E-state index contributed by atoms with van der Waals surface area (Å²) < 4.78 is 5.67. The molecule has 120 valence electrons. The lowest BCUT2D eigenvalue weighted by molar-refractivity contribution is -0.117. The van der Waals surface area contributed by atoms with Gasteiger partial charge in [0.25, 0.3) is 0 Å². The average Bonchev–Trinajstić information content (AvgIpc) is 3.03. The summed E-state index contributed by atoms with van der Waals surface area (Å²) in [5.41, 5.74) is 2.34. The first-order valence-electron chi connectivity index (χ1n) is 7.94. The molecule has 3 rings (SSSR count). The highest BCUT2D eigenvalue weighted by Crippen LogP contribution is 2.29. The van der Waals surface area contributed by atoms with Crippen molar-refractivity contribution >= 4 is 23.4 Å². The molecule has 0 N–H and O–H groups in total. The Kier molecular flexibility index (Phi) is 5.23. The number of ether oxygens (including phenoxy) is 1. The van der Waals surface area contributed by atoms with E-state index in [0.717, 1.165) is 30.2 Å². The highest BCUT2D eigenvalue weighted by Gasteiger charge is 2.27. The molecule has 23 heavy (non-hydrogen) atoms. The van der Waals surface area contributed by atoms with Crippen molar-refractivity contribution in [1.29, 1.82) is 0 Å². The number of hydrogen-bond acceptors (Lipinski definition) is 3. The molecule has 0 saturated heterocycles. The molecular weight excluding hydrogens is 306 g/mol. The van der Waals surface area contributed by atoms with Crippen molar-refractivity contribution in [3.8, 4) is 5.75 Å². The highest BCUT2D eigenvalue weighted by atomic mass is 32.2. The van der Waals surface area contributed by atoms with Crippen LogP contribution in [0, 0.1) is 0 Å². The Morgan fingerprint density at radius 1 is 1.17 bits per heavy atom. The van der Waals surface area contributed by atoms with Gasteiger partial charge in [-0.3, -0.25) is 4.79 Å². The largest absolute Gasteiger partial charge is 0.493 e. The number of carbonyl (C=O) groups is 1. The Bertz CT molecular complexity index is 659. The maximum atomic E-state index is 12.6. The van der Waals surface area contributed by atoms with E-state index in [1.807, 2.05) is 60.4 Å². The standard InChI is InChI=1S/C19H21NO2S/c1-15(23-14-13-22-17-8-3-2-4-9-17)19(21)20-12-11-16-7-5-6-10-18(16)20/h2-10,15H,11-14H2,1H3. The number of benzene rings is 2. The van der Waals surface area contributed by atoms with E-state index in [1.165, 1.54) is 5.56 Å². The third kappa shape index (κ3) is 3.88. The fraction of sp³-hybridized carbons (Fsp3) is 0.316. The van der Waals surface area contributed by atoms with Gasteiger partial charge in [-0.2, -0.15) is 0 Å². The SMILES string of the molecule is CC(SCCOc1ccccc1)C(=O)N1CCc2ccccc21. The second kappa shape index (κ2) is 7.55. The maximum absolute atomic E-state index is 12.6. The van der Waals surface area contributed by atoms with Crippen molar-refractivity contribution in [3.63, 3.8) is 0 Å². The summed E-state index contributed by atoms with van der Waals surface area (Å²) >= 11 is 1.65. The predicted molar refractivity (Wildman–Crippen MR) is 96.4 cm³/mol. The lowest BCUT2D eigenvalue weighted by atomic mass is 10.2. The van der Waals surface area contributed by atoms with Crippen LogP contribution in [0.15, 0.2) is 54.6 Å². The van der Waals surface area contributed by atoms with E-state index in [4.69, 9.17) is 4.74 Å². The number of anilines is 1. The van der Waals surface area contributed by atoms with E-state index in [2.05, 4.69) is 6.07 Å². The van der Waals surface area contributed by atoms with Crippen molar-refractivity contribution in [2.24, 2.45) is 0 Å². The van der Waals surface area contributed by atoms with Gasteiger partial charge in [0.1, 0.15) is 5.75 Å². The minimum atomic E-state index is -0.0551. The van der Waals surface area contributed by atoms with Gasteiger partial charge < -0.3 is 9.64 Å². The lowest BCUT2D eigenvalue weighted by Gasteiger charge is -2.21. The molecule has 0 aliphatic carbocycles. The minimum Gasteiger partial charge on any atom is -0.493 e. The van der Waals surface area contributed by atoms with E-state index in [-0.39, 0.29) is 11.2 Å². The molecule has 0 spiro atoms. The van der Waals surface area contributed by atoms with Crippen LogP contribution in [0.4, 0.5) is 5.69 Å². The summed E-state index contributed by atoms with van der Waals surface area (Å²) in [6.45, 7) is 3.39. The first-order chi connectivity index (χ1) is 11.3. The Hall–Kier alpha value is -1.94. The van der Waals surface area contributed by atoms with Gasteiger partial charge in [0.05, 0.1) is 11.9 Å². The second-order valence-corrected chi connectivity index (χ2v) is 6.99. The van der Waals surface area contributed by atoms with Crippen LogP contribution in [0.5, 0.6) is 5.75 Å². The minimum absolute atomic E-state index is 0.0551. The Morgan fingerprint density at radius 2 is 1.91 bits per heavy atom. The molecule has 0 saturated carbocycles. The molecular formula is C19H21NO2S. The second-order valence-electron chi connectivity index (χ2n) is 5.54. The molecule has 3 nitrogen and oxygen atoms in total. The number of rotatable bonds is 6. The third-order valence-electron chi connectivity index (χ3n) is 3.96. The average molecular weight is 327 g/mol. The van der Waals surface area contributed by atoms with Crippen LogP contribution >= 0.6 is 11.8 Å². The number of thioether (sulfide) groups is 1. The van der Waals surface area contributed by atoms with Crippen molar-refractivity contribution < 1.29 is 9.53 Å². The number of nitrogens with zero attached hydrogens (tertiary/aromatic N) is 1. The molecule has 0 aromatic heterocycles. The summed E-state index contributed by atoms with van der Waals surface area (Å²) in [5.74, 6) is 1.87. The van der Waals surface area contributed by atoms with Gasteiger partial charge in [0.15, 0.2) is 0 Å². The van der Waals surface area contributed by atoms with Crippen LogP contribution in [-0.4, -0.2) is 30.1 Å². The number of hydrogen-bond donors (Lipinski definition) is 0. The number of para-hydroxylation sites is 2. The van der Waals surface area contributed by atoms with Crippen molar-refractivity contribution in [1.82, 2.24) is 0 Å². The Morgan fingerprint density at radius 3 is 2.74 bits per heavy atom. The summed E-state index contributed by atoms with van der Waals surface area (Å²) in [6.07, 6.45) is 0.955. The predicted octanol–water partition coefficient (Wildman–Crippen LogP) is 3.78.